The van der Waals surface area contributed by atoms with E-state index in [1.807, 2.05) is 42.7 Å². The van der Waals surface area contributed by atoms with Crippen LogP contribution in [0.15, 0.2) is 53.4 Å². The summed E-state index contributed by atoms with van der Waals surface area (Å²) in [5.74, 6) is -0.588. The van der Waals surface area contributed by atoms with Crippen molar-refractivity contribution in [2.75, 3.05) is 6.54 Å². The number of aliphatic hydroxyl groups is 1. The number of aryl methyl sites for hydroxylation is 1. The van der Waals surface area contributed by atoms with Gasteiger partial charge in [0.2, 0.25) is 0 Å². The number of β-amino-alcohol motifs (C(OH)–C–C–N with tert-alkyl or cyclic N) is 1. The lowest BCUT2D eigenvalue weighted by atomic mass is 10.2. The molecule has 0 unspecified atom stereocenters. The molecule has 3 aromatic rings. The van der Waals surface area contributed by atoms with Gasteiger partial charge >= 0.3 is 0 Å². The summed E-state index contributed by atoms with van der Waals surface area (Å²) >= 11 is 0. The van der Waals surface area contributed by atoms with Gasteiger partial charge in [0.05, 0.1) is 24.8 Å². The second-order valence-electron chi connectivity index (χ2n) is 6.83. The minimum atomic E-state index is -3.92. The summed E-state index contributed by atoms with van der Waals surface area (Å²) in [4.78, 5) is 12.5. The van der Waals surface area contributed by atoms with E-state index in [9.17, 15) is 18.3 Å². The Hall–Kier alpha value is -2.64. The predicted molar refractivity (Wildman–Crippen MR) is 102 cm³/mol. The highest BCUT2D eigenvalue weighted by Crippen LogP contribution is 2.30. The van der Waals surface area contributed by atoms with Crippen LogP contribution >= 0.6 is 0 Å². The first kappa shape index (κ1) is 17.8. The van der Waals surface area contributed by atoms with Crippen LogP contribution in [-0.4, -0.2) is 41.0 Å². The van der Waals surface area contributed by atoms with Crippen LogP contribution in [0.3, 0.4) is 0 Å². The highest BCUT2D eigenvalue weighted by atomic mass is 32.2. The molecule has 0 aliphatic carbocycles. The van der Waals surface area contributed by atoms with Crippen LogP contribution in [-0.2, 0) is 16.6 Å². The minimum absolute atomic E-state index is 0.000592. The van der Waals surface area contributed by atoms with Crippen LogP contribution < -0.4 is 0 Å². The fraction of sp³-hybridized carbons (Fsp3) is 0.250. The second-order valence-corrected chi connectivity index (χ2v) is 8.66. The van der Waals surface area contributed by atoms with Crippen molar-refractivity contribution in [2.45, 2.75) is 31.4 Å². The SMILES string of the molecule is Cc1c(C)n(C[C@@H](O)CN2C(=O)c3ccccc3S2(=O)=O)c2ccccc12. The third kappa shape index (κ3) is 2.65. The van der Waals surface area contributed by atoms with Gasteiger partial charge < -0.3 is 9.67 Å². The monoisotopic (exact) mass is 384 g/mol. The predicted octanol–water partition coefficient (Wildman–Crippen LogP) is 2.46. The van der Waals surface area contributed by atoms with Crippen molar-refractivity contribution >= 4 is 26.8 Å². The van der Waals surface area contributed by atoms with Crippen LogP contribution in [0.25, 0.3) is 10.9 Å². The molecule has 6 nitrogen and oxygen atoms in total. The van der Waals surface area contributed by atoms with Gasteiger partial charge in [-0.3, -0.25) is 4.79 Å². The Morgan fingerprint density at radius 3 is 2.41 bits per heavy atom. The first-order chi connectivity index (χ1) is 12.8. The number of sulfonamides is 1. The van der Waals surface area contributed by atoms with Gasteiger partial charge in [-0.25, -0.2) is 12.7 Å². The van der Waals surface area contributed by atoms with Gasteiger partial charge in [-0.1, -0.05) is 30.3 Å². The molecular weight excluding hydrogens is 364 g/mol. The summed E-state index contributed by atoms with van der Waals surface area (Å²) in [6.45, 7) is 3.91. The molecule has 0 radical (unpaired) electrons. The lowest BCUT2D eigenvalue weighted by Crippen LogP contribution is -2.38. The summed E-state index contributed by atoms with van der Waals surface area (Å²) in [7, 11) is -3.92. The first-order valence-corrected chi connectivity index (χ1v) is 10.1. The fourth-order valence-electron chi connectivity index (χ4n) is 3.71. The molecule has 0 bridgehead atoms. The van der Waals surface area contributed by atoms with Gasteiger partial charge in [-0.2, -0.15) is 0 Å². The van der Waals surface area contributed by atoms with Crippen molar-refractivity contribution in [1.82, 2.24) is 8.87 Å². The zero-order valence-electron chi connectivity index (χ0n) is 15.1. The number of nitrogens with zero attached hydrogens (tertiary/aromatic N) is 2. The molecule has 140 valence electrons. The summed E-state index contributed by atoms with van der Waals surface area (Å²) in [6.07, 6.45) is -1.02. The highest BCUT2D eigenvalue weighted by molar-refractivity contribution is 7.90. The van der Waals surface area contributed by atoms with Crippen LogP contribution in [0.2, 0.25) is 0 Å². The van der Waals surface area contributed by atoms with Gasteiger partial charge in [0.15, 0.2) is 0 Å². The number of carbonyl (C=O) groups excluding carboxylic acids is 1. The van der Waals surface area contributed by atoms with Crippen molar-refractivity contribution in [3.8, 4) is 0 Å². The topological polar surface area (TPSA) is 79.6 Å². The number of fused-ring (bicyclic) bond motifs is 2. The van der Waals surface area contributed by atoms with Crippen molar-refractivity contribution in [3.63, 3.8) is 0 Å². The second kappa shape index (κ2) is 6.21. The van der Waals surface area contributed by atoms with E-state index in [-0.39, 0.29) is 23.5 Å². The molecular formula is C20H20N2O4S. The zero-order valence-corrected chi connectivity index (χ0v) is 15.9. The largest absolute Gasteiger partial charge is 0.389 e. The number of carbonyl (C=O) groups is 1. The Balaban J connectivity index is 1.63. The Kier molecular flexibility index (Phi) is 4.09. The number of amides is 1. The van der Waals surface area contributed by atoms with Crippen LogP contribution in [0.1, 0.15) is 21.6 Å². The number of rotatable bonds is 4. The molecule has 0 spiro atoms. The van der Waals surface area contributed by atoms with Gasteiger partial charge in [0.1, 0.15) is 4.90 Å². The molecule has 4 rings (SSSR count). The van der Waals surface area contributed by atoms with E-state index in [2.05, 4.69) is 0 Å². The molecule has 2 heterocycles. The Labute approximate surface area is 157 Å². The number of benzene rings is 2. The lowest BCUT2D eigenvalue weighted by molar-refractivity contribution is 0.0772. The maximum atomic E-state index is 12.7. The third-order valence-corrected chi connectivity index (χ3v) is 7.04. The van der Waals surface area contributed by atoms with E-state index in [0.29, 0.717) is 0 Å². The van der Waals surface area contributed by atoms with Gasteiger partial charge in [-0.15, -0.1) is 0 Å². The van der Waals surface area contributed by atoms with E-state index in [0.717, 1.165) is 26.5 Å². The molecule has 1 amide bonds. The summed E-state index contributed by atoms with van der Waals surface area (Å²) in [5.41, 5.74) is 3.26. The van der Waals surface area contributed by atoms with Crippen molar-refractivity contribution in [1.29, 1.82) is 0 Å². The normalized spacial score (nSPS) is 16.7. The molecule has 27 heavy (non-hydrogen) atoms. The maximum Gasteiger partial charge on any atom is 0.269 e. The number of hydrogen-bond acceptors (Lipinski definition) is 4. The Morgan fingerprint density at radius 2 is 1.67 bits per heavy atom. The van der Waals surface area contributed by atoms with E-state index in [1.165, 1.54) is 12.1 Å². The number of aliphatic hydroxyl groups excluding tert-OH is 1. The van der Waals surface area contributed by atoms with Crippen molar-refractivity contribution < 1.29 is 18.3 Å². The average Bonchev–Trinajstić information content (AvgIpc) is 3.01. The van der Waals surface area contributed by atoms with Crippen molar-refractivity contribution in [3.05, 3.63) is 65.4 Å². The highest BCUT2D eigenvalue weighted by Gasteiger charge is 2.41. The minimum Gasteiger partial charge on any atom is -0.389 e. The molecule has 0 saturated heterocycles. The van der Waals surface area contributed by atoms with Crippen molar-refractivity contribution in [2.24, 2.45) is 0 Å². The molecule has 1 aromatic heterocycles. The van der Waals surface area contributed by atoms with Gasteiger partial charge in [0, 0.05) is 16.6 Å². The Morgan fingerprint density at radius 1 is 1.00 bits per heavy atom. The zero-order chi connectivity index (χ0) is 19.3. The van der Waals surface area contributed by atoms with Crippen LogP contribution in [0.4, 0.5) is 0 Å². The summed E-state index contributed by atoms with van der Waals surface area (Å²) < 4.78 is 28.0. The van der Waals surface area contributed by atoms with E-state index in [4.69, 9.17) is 0 Å². The third-order valence-electron chi connectivity index (χ3n) is 5.23. The number of para-hydroxylation sites is 1. The lowest BCUT2D eigenvalue weighted by Gasteiger charge is -2.21. The summed E-state index contributed by atoms with van der Waals surface area (Å²) in [5, 5.41) is 11.7. The molecule has 1 atom stereocenters. The quantitative estimate of drug-likeness (QED) is 0.749. The molecule has 1 aliphatic heterocycles. The number of hydrogen-bond donors (Lipinski definition) is 1. The van der Waals surface area contributed by atoms with Crippen LogP contribution in [0, 0.1) is 13.8 Å². The average molecular weight is 384 g/mol. The molecule has 7 heteroatoms. The maximum absolute atomic E-state index is 12.7. The molecule has 0 saturated carbocycles. The summed E-state index contributed by atoms with van der Waals surface area (Å²) in [6, 6.07) is 14.0. The van der Waals surface area contributed by atoms with Gasteiger partial charge in [0.25, 0.3) is 15.9 Å². The van der Waals surface area contributed by atoms with Crippen LogP contribution in [0.5, 0.6) is 0 Å². The first-order valence-electron chi connectivity index (χ1n) is 8.71. The molecule has 2 aromatic carbocycles. The van der Waals surface area contributed by atoms with E-state index < -0.39 is 22.0 Å². The number of aromatic nitrogens is 1. The molecule has 1 N–H and O–H groups in total. The molecule has 1 aliphatic rings. The van der Waals surface area contributed by atoms with Gasteiger partial charge in [-0.05, 0) is 37.6 Å². The Bertz CT molecular complexity index is 1160. The fourth-order valence-corrected chi connectivity index (χ4v) is 5.32. The van der Waals surface area contributed by atoms with E-state index in [1.54, 1.807) is 12.1 Å². The smallest absolute Gasteiger partial charge is 0.269 e. The van der Waals surface area contributed by atoms with E-state index >= 15 is 0 Å². The molecule has 0 fully saturated rings. The standard InChI is InChI=1S/C20H20N2O4S/c1-13-14(2)21(18-9-5-3-7-16(13)18)11-15(23)12-22-20(24)17-8-4-6-10-19(17)27(22,25)26/h3-10,15,23H,11-12H2,1-2H3/t15-/m1/s1.